The van der Waals surface area contributed by atoms with Crippen molar-refractivity contribution in [3.63, 3.8) is 0 Å². The van der Waals surface area contributed by atoms with Gasteiger partial charge in [0.05, 0.1) is 0 Å². The summed E-state index contributed by atoms with van der Waals surface area (Å²) in [5.74, 6) is 0.286. The second-order valence-electron chi connectivity index (χ2n) is 6.76. The number of hydrogen-bond acceptors (Lipinski definition) is 3. The van der Waals surface area contributed by atoms with Gasteiger partial charge in [0, 0.05) is 26.1 Å². The first kappa shape index (κ1) is 16.1. The highest BCUT2D eigenvalue weighted by atomic mass is 127. The molecular formula is C16H17ClINO3S. The van der Waals surface area contributed by atoms with E-state index in [1.54, 1.807) is 0 Å². The number of nitrogens with zero attached hydrogens (tertiary/aromatic N) is 1. The van der Waals surface area contributed by atoms with Crippen molar-refractivity contribution in [3.05, 3.63) is 32.9 Å². The van der Waals surface area contributed by atoms with Gasteiger partial charge in [-0.05, 0) is 78.0 Å². The average Bonchev–Trinajstić information content (AvgIpc) is 2.79. The first-order valence-corrected chi connectivity index (χ1v) is 11.2. The van der Waals surface area contributed by atoms with E-state index in [1.807, 2.05) is 0 Å². The predicted octanol–water partition coefficient (Wildman–Crippen LogP) is 4.09. The van der Waals surface area contributed by atoms with Gasteiger partial charge in [-0.1, -0.05) is 12.5 Å². The van der Waals surface area contributed by atoms with Gasteiger partial charge in [0.25, 0.3) is 0 Å². The summed E-state index contributed by atoms with van der Waals surface area (Å²) < 4.78 is 33.9. The topological polar surface area (TPSA) is 55.7 Å². The number of rotatable bonds is 1. The molecule has 7 heteroatoms. The van der Waals surface area contributed by atoms with Crippen molar-refractivity contribution < 1.29 is 13.2 Å². The van der Waals surface area contributed by atoms with Crippen LogP contribution in [0.1, 0.15) is 49.7 Å². The van der Waals surface area contributed by atoms with E-state index in [4.69, 9.17) is 15.4 Å². The van der Waals surface area contributed by atoms with Crippen LogP contribution in [0.3, 0.4) is 0 Å². The summed E-state index contributed by atoms with van der Waals surface area (Å²) in [6.07, 6.45) is 6.64. The Hall–Kier alpha value is -0.340. The lowest BCUT2D eigenvalue weighted by Gasteiger charge is -2.51. The average molecular weight is 466 g/mol. The van der Waals surface area contributed by atoms with Gasteiger partial charge in [-0.25, -0.2) is 0 Å². The summed E-state index contributed by atoms with van der Waals surface area (Å²) in [7, 11) is 1.38. The summed E-state index contributed by atoms with van der Waals surface area (Å²) in [5, 5.41) is 0. The van der Waals surface area contributed by atoms with Crippen molar-refractivity contribution in [2.75, 3.05) is 0 Å². The third kappa shape index (κ3) is 2.52. The zero-order valence-electron chi connectivity index (χ0n) is 12.5. The number of benzene rings is 1. The molecule has 4 rings (SSSR count). The highest BCUT2D eigenvalue weighted by molar-refractivity contribution is 14.1. The maximum Gasteiger partial charge on any atom is 0.342 e. The highest BCUT2D eigenvalue weighted by Gasteiger charge is 2.63. The van der Waals surface area contributed by atoms with Gasteiger partial charge in [0.1, 0.15) is 5.60 Å². The van der Waals surface area contributed by atoms with Crippen LogP contribution in [0.2, 0.25) is 0 Å². The van der Waals surface area contributed by atoms with Crippen molar-refractivity contribution in [2.24, 2.45) is 4.40 Å². The Labute approximate surface area is 154 Å². The van der Waals surface area contributed by atoms with Crippen LogP contribution in [0.4, 0.5) is 0 Å². The van der Waals surface area contributed by atoms with Gasteiger partial charge in [0.2, 0.25) is 5.90 Å². The summed E-state index contributed by atoms with van der Waals surface area (Å²) >= 11 is 2.34. The Kier molecular flexibility index (Phi) is 3.74. The number of hydrogen-bond donors (Lipinski definition) is 0. The van der Waals surface area contributed by atoms with Gasteiger partial charge in [-0.3, -0.25) is 0 Å². The van der Waals surface area contributed by atoms with Crippen molar-refractivity contribution in [1.29, 1.82) is 0 Å². The molecule has 0 amide bonds. The van der Waals surface area contributed by atoms with Gasteiger partial charge >= 0.3 is 9.24 Å². The third-order valence-electron chi connectivity index (χ3n) is 5.67. The van der Waals surface area contributed by atoms with E-state index in [0.717, 1.165) is 38.5 Å². The number of aryl methyl sites for hydroxylation is 1. The minimum absolute atomic E-state index is 0.152. The molecule has 0 spiro atoms. The second-order valence-corrected chi connectivity index (χ2v) is 10.2. The molecule has 0 radical (unpaired) electrons. The molecule has 0 bridgehead atoms. The zero-order chi connectivity index (χ0) is 16.3. The summed E-state index contributed by atoms with van der Waals surface area (Å²) in [6.45, 7) is 0. The van der Waals surface area contributed by atoms with Crippen molar-refractivity contribution in [1.82, 2.24) is 0 Å². The molecule has 2 fully saturated rings. The van der Waals surface area contributed by atoms with E-state index in [9.17, 15) is 8.42 Å². The molecule has 1 heterocycles. The molecule has 1 saturated carbocycles. The third-order valence-corrected chi connectivity index (χ3v) is 6.97. The molecule has 3 aliphatic rings. The maximum absolute atomic E-state index is 11.4. The fourth-order valence-electron chi connectivity index (χ4n) is 4.83. The normalized spacial score (nSPS) is 34.4. The largest absolute Gasteiger partial charge is 0.473 e. The van der Waals surface area contributed by atoms with Crippen LogP contribution >= 0.6 is 33.3 Å². The van der Waals surface area contributed by atoms with Crippen LogP contribution in [0.25, 0.3) is 0 Å². The standard InChI is InChI=1S/C16H17ClINO3S/c17-23(20,21)19-14-10-15-6-1-2-7-16(15,22-14)8-5-11-3-4-12(18)9-13(11)15/h3-4,9H,1-2,5-8,10H2. The van der Waals surface area contributed by atoms with Crippen LogP contribution in [0.5, 0.6) is 0 Å². The Morgan fingerprint density at radius 1 is 1.22 bits per heavy atom. The monoisotopic (exact) mass is 465 g/mol. The summed E-state index contributed by atoms with van der Waals surface area (Å²) in [6, 6.07) is 6.59. The molecule has 124 valence electrons. The van der Waals surface area contributed by atoms with E-state index >= 15 is 0 Å². The summed E-state index contributed by atoms with van der Waals surface area (Å²) in [5.41, 5.74) is 2.22. The van der Waals surface area contributed by atoms with E-state index in [0.29, 0.717) is 6.42 Å². The second kappa shape index (κ2) is 5.33. The smallest absolute Gasteiger partial charge is 0.342 e. The van der Waals surface area contributed by atoms with Crippen molar-refractivity contribution in [2.45, 2.75) is 56.0 Å². The fourth-order valence-corrected chi connectivity index (χ4v) is 5.90. The quantitative estimate of drug-likeness (QED) is 0.464. The van der Waals surface area contributed by atoms with E-state index < -0.39 is 9.24 Å². The molecule has 2 unspecified atom stereocenters. The Morgan fingerprint density at radius 3 is 2.78 bits per heavy atom. The molecule has 0 N–H and O–H groups in total. The SMILES string of the molecule is O=S(=O)(Cl)N=C1CC23CCCCC2(CCc2ccc(I)cc23)O1. The van der Waals surface area contributed by atoms with Crippen LogP contribution < -0.4 is 0 Å². The first-order chi connectivity index (χ1) is 10.8. The minimum Gasteiger partial charge on any atom is -0.473 e. The Bertz CT molecular complexity index is 810. The lowest BCUT2D eigenvalue weighted by molar-refractivity contribution is -0.0324. The molecular weight excluding hydrogens is 449 g/mol. The van der Waals surface area contributed by atoms with Crippen LogP contribution in [-0.4, -0.2) is 19.9 Å². The number of fused-ring (bicyclic) bond motifs is 1. The fraction of sp³-hybridized carbons (Fsp3) is 0.562. The molecule has 0 aromatic heterocycles. The molecule has 23 heavy (non-hydrogen) atoms. The molecule has 1 saturated heterocycles. The van der Waals surface area contributed by atoms with Crippen LogP contribution in [0.15, 0.2) is 22.6 Å². The minimum atomic E-state index is -3.95. The molecule has 1 aromatic rings. The van der Waals surface area contributed by atoms with Crippen LogP contribution in [0, 0.1) is 3.57 Å². The molecule has 2 aliphatic carbocycles. The number of ether oxygens (including phenoxy) is 1. The predicted molar refractivity (Wildman–Crippen MR) is 98.3 cm³/mol. The molecule has 1 aromatic carbocycles. The van der Waals surface area contributed by atoms with Gasteiger partial charge < -0.3 is 4.74 Å². The van der Waals surface area contributed by atoms with Crippen molar-refractivity contribution >= 4 is 48.4 Å². The van der Waals surface area contributed by atoms with Crippen LogP contribution in [-0.2, 0) is 25.8 Å². The van der Waals surface area contributed by atoms with E-state index in [2.05, 4.69) is 45.2 Å². The lowest BCUT2D eigenvalue weighted by atomic mass is 9.54. The lowest BCUT2D eigenvalue weighted by Crippen LogP contribution is -2.53. The van der Waals surface area contributed by atoms with Gasteiger partial charge in [0.15, 0.2) is 0 Å². The summed E-state index contributed by atoms with van der Waals surface area (Å²) in [4.78, 5) is 0. The molecule has 1 aliphatic heterocycles. The Morgan fingerprint density at radius 2 is 2.00 bits per heavy atom. The molecule has 2 atom stereocenters. The molecule has 4 nitrogen and oxygen atoms in total. The Balaban J connectivity index is 1.90. The first-order valence-electron chi connectivity index (χ1n) is 7.85. The zero-order valence-corrected chi connectivity index (χ0v) is 16.2. The highest BCUT2D eigenvalue weighted by Crippen LogP contribution is 2.60. The number of halogens is 2. The van der Waals surface area contributed by atoms with E-state index in [-0.39, 0.29) is 16.9 Å². The van der Waals surface area contributed by atoms with Crippen molar-refractivity contribution in [3.8, 4) is 0 Å². The maximum atomic E-state index is 11.4. The van der Waals surface area contributed by atoms with Gasteiger partial charge in [-0.2, -0.15) is 8.42 Å². The van der Waals surface area contributed by atoms with E-state index in [1.165, 1.54) is 14.7 Å². The van der Waals surface area contributed by atoms with Gasteiger partial charge in [-0.15, -0.1) is 4.40 Å².